The largest absolute Gasteiger partial charge is 0.480 e. The first-order valence-electron chi connectivity index (χ1n) is 3.26. The molecule has 4 nitrogen and oxygen atoms in total. The Kier molecular flexibility index (Phi) is 3.99. The number of aliphatic carboxylic acids is 1. The van der Waals surface area contributed by atoms with Crippen molar-refractivity contribution in [2.75, 3.05) is 0 Å². The van der Waals surface area contributed by atoms with Crippen molar-refractivity contribution in [3.63, 3.8) is 0 Å². The van der Waals surface area contributed by atoms with Gasteiger partial charge in [0.05, 0.1) is 6.10 Å². The number of aliphatic hydroxyl groups is 1. The van der Waals surface area contributed by atoms with Crippen LogP contribution in [0.3, 0.4) is 0 Å². The topological polar surface area (TPSA) is 83.5 Å². The summed E-state index contributed by atoms with van der Waals surface area (Å²) < 4.78 is 0. The van der Waals surface area contributed by atoms with Crippen molar-refractivity contribution in [3.05, 3.63) is 0 Å². The van der Waals surface area contributed by atoms with Crippen LogP contribution in [0.2, 0.25) is 0 Å². The summed E-state index contributed by atoms with van der Waals surface area (Å²) in [6, 6.07) is -1.14. The smallest absolute Gasteiger partial charge is 0.323 e. The quantitative estimate of drug-likeness (QED) is 0.503. The first-order chi connectivity index (χ1) is 4.59. The normalized spacial score (nSPS) is 16.3. The summed E-state index contributed by atoms with van der Waals surface area (Å²) in [7, 11) is 0. The molecule has 0 aliphatic carbocycles. The van der Waals surface area contributed by atoms with E-state index in [0.717, 1.165) is 6.42 Å². The molecule has 10 heavy (non-hydrogen) atoms. The van der Waals surface area contributed by atoms with Crippen molar-refractivity contribution in [3.8, 4) is 0 Å². The summed E-state index contributed by atoms with van der Waals surface area (Å²) >= 11 is 0. The predicted molar refractivity (Wildman–Crippen MR) is 36.5 cm³/mol. The van der Waals surface area contributed by atoms with Crippen molar-refractivity contribution in [2.45, 2.75) is 31.9 Å². The van der Waals surface area contributed by atoms with E-state index >= 15 is 0 Å². The Morgan fingerprint density at radius 2 is 2.20 bits per heavy atom. The van der Waals surface area contributed by atoms with Crippen molar-refractivity contribution in [1.82, 2.24) is 0 Å². The van der Waals surface area contributed by atoms with Crippen LogP contribution in [0, 0.1) is 0 Å². The SMILES string of the molecule is CCC[C@@H](O)[C@H](N)C(=O)O. The minimum Gasteiger partial charge on any atom is -0.480 e. The first-order valence-corrected chi connectivity index (χ1v) is 3.26. The predicted octanol–water partition coefficient (Wildman–Crippen LogP) is -0.441. The zero-order valence-corrected chi connectivity index (χ0v) is 5.95. The summed E-state index contributed by atoms with van der Waals surface area (Å²) in [5, 5.41) is 17.3. The van der Waals surface area contributed by atoms with Gasteiger partial charge in [0, 0.05) is 0 Å². The van der Waals surface area contributed by atoms with Gasteiger partial charge in [0.1, 0.15) is 6.04 Å². The van der Waals surface area contributed by atoms with Gasteiger partial charge in [0.2, 0.25) is 0 Å². The molecule has 0 heterocycles. The number of aliphatic hydroxyl groups excluding tert-OH is 1. The number of carboxylic acid groups (broad SMARTS) is 1. The van der Waals surface area contributed by atoms with Crippen molar-refractivity contribution in [1.29, 1.82) is 0 Å². The molecule has 0 aromatic rings. The molecule has 0 bridgehead atoms. The molecule has 4 N–H and O–H groups in total. The van der Waals surface area contributed by atoms with Crippen LogP contribution >= 0.6 is 0 Å². The van der Waals surface area contributed by atoms with Crippen LogP contribution in [0.5, 0.6) is 0 Å². The van der Waals surface area contributed by atoms with Crippen LogP contribution < -0.4 is 5.73 Å². The number of hydrogen-bond acceptors (Lipinski definition) is 3. The summed E-state index contributed by atoms with van der Waals surface area (Å²) in [5.74, 6) is -1.15. The van der Waals surface area contributed by atoms with Crippen molar-refractivity contribution >= 4 is 5.97 Å². The minimum atomic E-state index is -1.15. The molecule has 60 valence electrons. The molecule has 0 spiro atoms. The van der Waals surface area contributed by atoms with E-state index in [-0.39, 0.29) is 0 Å². The fraction of sp³-hybridized carbons (Fsp3) is 0.833. The average Bonchev–Trinajstić information content (AvgIpc) is 1.87. The molecule has 4 heteroatoms. The van der Waals surface area contributed by atoms with Crippen LogP contribution in [-0.4, -0.2) is 28.3 Å². The highest BCUT2D eigenvalue weighted by Gasteiger charge is 2.20. The Hall–Kier alpha value is -0.610. The maximum atomic E-state index is 10.1. The van der Waals surface area contributed by atoms with E-state index in [2.05, 4.69) is 0 Å². The van der Waals surface area contributed by atoms with Gasteiger partial charge in [-0.1, -0.05) is 13.3 Å². The molecule has 0 aromatic heterocycles. The Bertz CT molecular complexity index is 116. The Morgan fingerprint density at radius 1 is 1.70 bits per heavy atom. The summed E-state index contributed by atoms with van der Waals surface area (Å²) in [6.45, 7) is 1.86. The molecule has 0 radical (unpaired) electrons. The highest BCUT2D eigenvalue weighted by atomic mass is 16.4. The van der Waals surface area contributed by atoms with Crippen LogP contribution in [0.25, 0.3) is 0 Å². The van der Waals surface area contributed by atoms with Crippen LogP contribution in [0.4, 0.5) is 0 Å². The molecule has 0 rings (SSSR count). The lowest BCUT2D eigenvalue weighted by molar-refractivity contribution is -0.141. The molecule has 0 fully saturated rings. The average molecular weight is 147 g/mol. The van der Waals surface area contributed by atoms with Crippen LogP contribution in [0.1, 0.15) is 19.8 Å². The highest BCUT2D eigenvalue weighted by Crippen LogP contribution is 1.99. The zero-order chi connectivity index (χ0) is 8.15. The summed E-state index contributed by atoms with van der Waals surface area (Å²) in [5.41, 5.74) is 5.10. The number of hydrogen-bond donors (Lipinski definition) is 3. The van der Waals surface area contributed by atoms with Gasteiger partial charge >= 0.3 is 5.97 Å². The first kappa shape index (κ1) is 9.39. The molecule has 0 aliphatic heterocycles. The molecule has 0 aromatic carbocycles. The highest BCUT2D eigenvalue weighted by molar-refractivity contribution is 5.73. The van der Waals surface area contributed by atoms with Crippen LogP contribution in [0.15, 0.2) is 0 Å². The summed E-state index contributed by atoms with van der Waals surface area (Å²) in [4.78, 5) is 10.1. The lowest BCUT2D eigenvalue weighted by Gasteiger charge is -2.12. The van der Waals surface area contributed by atoms with Gasteiger partial charge in [-0.2, -0.15) is 0 Å². The molecule has 0 saturated carbocycles. The fourth-order valence-corrected chi connectivity index (χ4v) is 0.640. The van der Waals surface area contributed by atoms with Gasteiger partial charge in [-0.3, -0.25) is 4.79 Å². The third-order valence-corrected chi connectivity index (χ3v) is 1.28. The molecule has 0 unspecified atom stereocenters. The lowest BCUT2D eigenvalue weighted by Crippen LogP contribution is -2.41. The Labute approximate surface area is 59.7 Å². The second kappa shape index (κ2) is 4.24. The Morgan fingerprint density at radius 3 is 2.50 bits per heavy atom. The number of nitrogens with two attached hydrogens (primary N) is 1. The van der Waals surface area contributed by atoms with E-state index in [4.69, 9.17) is 15.9 Å². The standard InChI is InChI=1S/C6H13NO3/c1-2-3-4(8)5(7)6(9)10/h4-5,8H,2-3,7H2,1H3,(H,9,10)/t4-,5+/m1/s1. The molecule has 2 atom stereocenters. The van der Waals surface area contributed by atoms with E-state index in [1.165, 1.54) is 0 Å². The molecular formula is C6H13NO3. The third-order valence-electron chi connectivity index (χ3n) is 1.28. The third kappa shape index (κ3) is 2.80. The van der Waals surface area contributed by atoms with Gasteiger partial charge in [0.15, 0.2) is 0 Å². The second-order valence-corrected chi connectivity index (χ2v) is 2.22. The van der Waals surface area contributed by atoms with Crippen LogP contribution in [-0.2, 0) is 4.79 Å². The maximum absolute atomic E-state index is 10.1. The van der Waals surface area contributed by atoms with Crippen molar-refractivity contribution in [2.24, 2.45) is 5.73 Å². The van der Waals surface area contributed by atoms with Gasteiger partial charge in [-0.25, -0.2) is 0 Å². The van der Waals surface area contributed by atoms with Gasteiger partial charge in [-0.15, -0.1) is 0 Å². The maximum Gasteiger partial charge on any atom is 0.323 e. The van der Waals surface area contributed by atoms with Crippen molar-refractivity contribution < 1.29 is 15.0 Å². The zero-order valence-electron chi connectivity index (χ0n) is 5.95. The summed E-state index contributed by atoms with van der Waals surface area (Å²) in [6.07, 6.45) is 0.262. The van der Waals surface area contributed by atoms with E-state index in [9.17, 15) is 4.79 Å². The molecule has 0 amide bonds. The number of rotatable bonds is 4. The van der Waals surface area contributed by atoms with E-state index in [1.54, 1.807) is 0 Å². The van der Waals surface area contributed by atoms with Gasteiger partial charge < -0.3 is 15.9 Å². The number of carbonyl (C=O) groups is 1. The monoisotopic (exact) mass is 147 g/mol. The molecular weight excluding hydrogens is 134 g/mol. The molecule has 0 saturated heterocycles. The molecule has 0 aliphatic rings. The lowest BCUT2D eigenvalue weighted by atomic mass is 10.1. The minimum absolute atomic E-state index is 0.438. The van der Waals surface area contributed by atoms with E-state index < -0.39 is 18.1 Å². The second-order valence-electron chi connectivity index (χ2n) is 2.22. The van der Waals surface area contributed by atoms with Gasteiger partial charge in [0.25, 0.3) is 0 Å². The fourth-order valence-electron chi connectivity index (χ4n) is 0.640. The number of carboxylic acids is 1. The Balaban J connectivity index is 3.69. The van der Waals surface area contributed by atoms with E-state index in [1.807, 2.05) is 6.92 Å². The van der Waals surface area contributed by atoms with Gasteiger partial charge in [-0.05, 0) is 6.42 Å². The van der Waals surface area contributed by atoms with E-state index in [0.29, 0.717) is 6.42 Å².